The molecule has 4 N–H and O–H groups in total. The van der Waals surface area contributed by atoms with Crippen molar-refractivity contribution < 1.29 is 19.4 Å². The van der Waals surface area contributed by atoms with Crippen LogP contribution < -0.4 is 15.8 Å². The minimum absolute atomic E-state index is 0.129. The molecule has 0 fully saturated rings. The first-order valence-electron chi connectivity index (χ1n) is 6.30. The van der Waals surface area contributed by atoms with Gasteiger partial charge in [0, 0.05) is 18.5 Å². The third kappa shape index (κ3) is 5.27. The van der Waals surface area contributed by atoms with Crippen LogP contribution in [0.4, 0.5) is 0 Å². The molecule has 0 saturated carbocycles. The lowest BCUT2D eigenvalue weighted by atomic mass is 10.0. The summed E-state index contributed by atoms with van der Waals surface area (Å²) in [5, 5.41) is 12.1. The van der Waals surface area contributed by atoms with Crippen LogP contribution in [0.25, 0.3) is 0 Å². The number of rotatable bonds is 8. The second-order valence-corrected chi connectivity index (χ2v) is 5.10. The van der Waals surface area contributed by atoms with Gasteiger partial charge in [0.15, 0.2) is 0 Å². The highest BCUT2D eigenvalue weighted by Gasteiger charge is 2.19. The molecule has 0 spiro atoms. The van der Waals surface area contributed by atoms with Crippen LogP contribution in [0.1, 0.15) is 30.6 Å². The molecule has 6 nitrogen and oxygen atoms in total. The van der Waals surface area contributed by atoms with E-state index in [0.717, 1.165) is 0 Å². The molecule has 0 radical (unpaired) electrons. The number of nitrogens with two attached hydrogens (primary N) is 1. The van der Waals surface area contributed by atoms with Gasteiger partial charge in [0.1, 0.15) is 17.9 Å². The Morgan fingerprint density at radius 2 is 2.00 bits per heavy atom. The zero-order valence-corrected chi connectivity index (χ0v) is 11.7. The highest BCUT2D eigenvalue weighted by atomic mass is 16.5. The van der Waals surface area contributed by atoms with Crippen molar-refractivity contribution in [2.75, 3.05) is 13.2 Å². The van der Waals surface area contributed by atoms with Gasteiger partial charge in [-0.25, -0.2) is 4.79 Å². The lowest BCUT2D eigenvalue weighted by Gasteiger charge is -2.24. The molecule has 0 unspecified atom stereocenters. The number of carbonyl (C=O) groups is 2. The molecule has 20 heavy (non-hydrogen) atoms. The maximum atomic E-state index is 11.0. The molecule has 110 valence electrons. The Hall–Kier alpha value is -2.08. The van der Waals surface area contributed by atoms with Crippen LogP contribution in [0, 0.1) is 0 Å². The van der Waals surface area contributed by atoms with Crippen molar-refractivity contribution in [3.05, 3.63) is 29.8 Å². The Balaban J connectivity index is 2.46. The molecule has 0 aliphatic carbocycles. The Kier molecular flexibility index (Phi) is 5.52. The average Bonchev–Trinajstić information content (AvgIpc) is 2.33. The fourth-order valence-corrected chi connectivity index (χ4v) is 1.82. The summed E-state index contributed by atoms with van der Waals surface area (Å²) in [5.41, 5.74) is 4.87. The fourth-order valence-electron chi connectivity index (χ4n) is 1.82. The smallest absolute Gasteiger partial charge is 0.339 e. The monoisotopic (exact) mass is 280 g/mol. The highest BCUT2D eigenvalue weighted by Crippen LogP contribution is 2.17. The first kappa shape index (κ1) is 16.0. The van der Waals surface area contributed by atoms with Crippen molar-refractivity contribution in [2.24, 2.45) is 5.73 Å². The van der Waals surface area contributed by atoms with Crippen LogP contribution >= 0.6 is 0 Å². The summed E-state index contributed by atoms with van der Waals surface area (Å²) in [4.78, 5) is 21.9. The van der Waals surface area contributed by atoms with E-state index in [4.69, 9.17) is 15.6 Å². The number of amides is 1. The lowest BCUT2D eigenvalue weighted by Crippen LogP contribution is -2.44. The van der Waals surface area contributed by atoms with Gasteiger partial charge in [0.25, 0.3) is 0 Å². The van der Waals surface area contributed by atoms with Crippen molar-refractivity contribution in [2.45, 2.75) is 25.8 Å². The number of hydrogen-bond acceptors (Lipinski definition) is 4. The minimum atomic E-state index is -1.03. The maximum absolute atomic E-state index is 11.0. The van der Waals surface area contributed by atoms with Gasteiger partial charge in [-0.1, -0.05) is 12.1 Å². The molecule has 1 aromatic rings. The van der Waals surface area contributed by atoms with Gasteiger partial charge in [-0.05, 0) is 26.0 Å². The fraction of sp³-hybridized carbons (Fsp3) is 0.429. The number of hydrogen-bond donors (Lipinski definition) is 3. The number of carbonyl (C=O) groups excluding carboxylic acids is 1. The molecule has 0 saturated heterocycles. The van der Waals surface area contributed by atoms with Crippen LogP contribution in [-0.2, 0) is 4.79 Å². The third-order valence-electron chi connectivity index (χ3n) is 2.70. The first-order valence-corrected chi connectivity index (χ1v) is 6.30. The molecule has 1 rings (SSSR count). The number of carboxylic acids is 1. The molecule has 0 aliphatic rings. The second kappa shape index (κ2) is 6.91. The van der Waals surface area contributed by atoms with E-state index in [2.05, 4.69) is 5.32 Å². The van der Waals surface area contributed by atoms with Crippen molar-refractivity contribution >= 4 is 11.9 Å². The second-order valence-electron chi connectivity index (χ2n) is 5.10. The van der Waals surface area contributed by atoms with Crippen LogP contribution in [-0.4, -0.2) is 35.7 Å². The Morgan fingerprint density at radius 1 is 1.35 bits per heavy atom. The molecule has 0 aliphatic heterocycles. The van der Waals surface area contributed by atoms with Gasteiger partial charge < -0.3 is 20.9 Å². The third-order valence-corrected chi connectivity index (χ3v) is 2.70. The number of primary amides is 1. The van der Waals surface area contributed by atoms with Crippen molar-refractivity contribution in [3.8, 4) is 5.75 Å². The number of carboxylic acid groups (broad SMARTS) is 1. The average molecular weight is 280 g/mol. The normalized spacial score (nSPS) is 11.1. The van der Waals surface area contributed by atoms with Crippen LogP contribution in [0.2, 0.25) is 0 Å². The minimum Gasteiger partial charge on any atom is -0.491 e. The van der Waals surface area contributed by atoms with E-state index in [1.54, 1.807) is 18.2 Å². The molecule has 1 amide bonds. The molecular weight excluding hydrogens is 260 g/mol. The summed E-state index contributed by atoms with van der Waals surface area (Å²) in [6.45, 7) is 4.51. The summed E-state index contributed by atoms with van der Waals surface area (Å²) < 4.78 is 5.44. The van der Waals surface area contributed by atoms with E-state index in [1.807, 2.05) is 13.8 Å². The number of para-hydroxylation sites is 1. The zero-order valence-electron chi connectivity index (χ0n) is 11.7. The number of aromatic carboxylic acids is 1. The van der Waals surface area contributed by atoms with E-state index in [-0.39, 0.29) is 17.9 Å². The molecule has 0 atom stereocenters. The zero-order chi connectivity index (χ0) is 15.2. The van der Waals surface area contributed by atoms with Gasteiger partial charge in [-0.3, -0.25) is 4.79 Å². The number of nitrogens with one attached hydrogen (secondary N) is 1. The molecule has 0 bridgehead atoms. The van der Waals surface area contributed by atoms with E-state index >= 15 is 0 Å². The predicted octanol–water partition coefficient (Wildman–Crippen LogP) is 1.01. The number of ether oxygens (including phenoxy) is 1. The summed E-state index contributed by atoms with van der Waals surface area (Å²) in [5.74, 6) is -1.07. The van der Waals surface area contributed by atoms with E-state index in [1.165, 1.54) is 6.07 Å². The lowest BCUT2D eigenvalue weighted by molar-refractivity contribution is -0.119. The van der Waals surface area contributed by atoms with Crippen LogP contribution in [0.3, 0.4) is 0 Å². The van der Waals surface area contributed by atoms with Gasteiger partial charge >= 0.3 is 5.97 Å². The predicted molar refractivity (Wildman–Crippen MR) is 74.8 cm³/mol. The van der Waals surface area contributed by atoms with E-state index < -0.39 is 11.5 Å². The molecule has 6 heteroatoms. The SMILES string of the molecule is CC(C)(CC(N)=O)NCCOc1ccccc1C(=O)O. The molecule has 0 heterocycles. The molecular formula is C14H20N2O4. The Morgan fingerprint density at radius 3 is 2.60 bits per heavy atom. The standard InChI is InChI=1S/C14H20N2O4/c1-14(2,9-12(15)17)16-7-8-20-11-6-4-3-5-10(11)13(18)19/h3-6,16H,7-9H2,1-2H3,(H2,15,17)(H,18,19). The summed E-state index contributed by atoms with van der Waals surface area (Å²) in [6.07, 6.45) is 0.221. The number of benzene rings is 1. The Bertz CT molecular complexity index is 486. The largest absolute Gasteiger partial charge is 0.491 e. The van der Waals surface area contributed by atoms with Gasteiger partial charge in [-0.2, -0.15) is 0 Å². The van der Waals surface area contributed by atoms with Crippen LogP contribution in [0.15, 0.2) is 24.3 Å². The van der Waals surface area contributed by atoms with Crippen molar-refractivity contribution in [3.63, 3.8) is 0 Å². The van der Waals surface area contributed by atoms with Crippen molar-refractivity contribution in [1.82, 2.24) is 5.32 Å². The van der Waals surface area contributed by atoms with E-state index in [9.17, 15) is 9.59 Å². The highest BCUT2D eigenvalue weighted by molar-refractivity contribution is 5.90. The Labute approximate surface area is 117 Å². The van der Waals surface area contributed by atoms with Gasteiger partial charge in [0.2, 0.25) is 5.91 Å². The first-order chi connectivity index (χ1) is 9.32. The van der Waals surface area contributed by atoms with Gasteiger partial charge in [0.05, 0.1) is 0 Å². The summed E-state index contributed by atoms with van der Waals surface area (Å²) in [6, 6.07) is 6.46. The summed E-state index contributed by atoms with van der Waals surface area (Å²) in [7, 11) is 0. The summed E-state index contributed by atoms with van der Waals surface area (Å²) >= 11 is 0. The quantitative estimate of drug-likeness (QED) is 0.617. The van der Waals surface area contributed by atoms with Crippen LogP contribution in [0.5, 0.6) is 5.75 Å². The molecule has 0 aromatic heterocycles. The maximum Gasteiger partial charge on any atom is 0.339 e. The van der Waals surface area contributed by atoms with Crippen molar-refractivity contribution in [1.29, 1.82) is 0 Å². The molecule has 1 aromatic carbocycles. The van der Waals surface area contributed by atoms with Gasteiger partial charge in [-0.15, -0.1) is 0 Å². The van der Waals surface area contributed by atoms with E-state index in [0.29, 0.717) is 18.9 Å². The topological polar surface area (TPSA) is 102 Å².